The molecule has 0 radical (unpaired) electrons. The highest BCUT2D eigenvalue weighted by Crippen LogP contribution is 2.38. The number of ether oxygens (including phenoxy) is 2. The Bertz CT molecular complexity index is 1720. The molecule has 1 amide bonds. The molecule has 0 saturated heterocycles. The van der Waals surface area contributed by atoms with Crippen molar-refractivity contribution < 1.29 is 14.3 Å². The van der Waals surface area contributed by atoms with Crippen molar-refractivity contribution in [2.45, 2.75) is 39.3 Å². The molecular formula is C29H28N6O4. The average molecular weight is 525 g/mol. The number of nitrogens with zero attached hydrogens (tertiary/aromatic N) is 4. The van der Waals surface area contributed by atoms with Gasteiger partial charge in [-0.1, -0.05) is 18.2 Å². The molecule has 10 nitrogen and oxygen atoms in total. The third-order valence-corrected chi connectivity index (χ3v) is 6.29. The van der Waals surface area contributed by atoms with Crippen molar-refractivity contribution >= 4 is 22.6 Å². The number of alkyl carbamates (subject to hydrolysis) is 1. The monoisotopic (exact) mass is 524 g/mol. The second-order valence-electron chi connectivity index (χ2n) is 10.2. The van der Waals surface area contributed by atoms with Crippen molar-refractivity contribution in [2.24, 2.45) is 7.05 Å². The molecule has 0 bridgehead atoms. The van der Waals surface area contributed by atoms with E-state index < -0.39 is 11.7 Å². The molecule has 2 aromatic carbocycles. The van der Waals surface area contributed by atoms with E-state index in [1.54, 1.807) is 37.7 Å². The zero-order valence-corrected chi connectivity index (χ0v) is 22.2. The van der Waals surface area contributed by atoms with Crippen LogP contribution in [-0.2, 0) is 23.1 Å². The summed E-state index contributed by atoms with van der Waals surface area (Å²) in [5, 5.41) is 24.7. The highest BCUT2D eigenvalue weighted by Gasteiger charge is 2.23. The summed E-state index contributed by atoms with van der Waals surface area (Å²) >= 11 is 0. The number of aromatic nitrogens is 4. The van der Waals surface area contributed by atoms with Gasteiger partial charge >= 0.3 is 6.09 Å². The number of nitrogens with one attached hydrogen (secondary N) is 2. The zero-order chi connectivity index (χ0) is 27.7. The summed E-state index contributed by atoms with van der Waals surface area (Å²) in [6, 6.07) is 13.4. The number of nitriles is 1. The van der Waals surface area contributed by atoms with Crippen LogP contribution in [0.4, 0.5) is 4.79 Å². The molecule has 3 heterocycles. The van der Waals surface area contributed by atoms with Crippen LogP contribution in [0.15, 0.2) is 53.5 Å². The molecule has 0 saturated carbocycles. The molecule has 39 heavy (non-hydrogen) atoms. The molecule has 0 unspecified atom stereocenters. The number of amides is 1. The molecule has 5 rings (SSSR count). The first-order valence-electron chi connectivity index (χ1n) is 12.5. The molecular weight excluding hydrogens is 496 g/mol. The molecule has 2 N–H and O–H groups in total. The van der Waals surface area contributed by atoms with Crippen LogP contribution < -0.4 is 10.9 Å². The van der Waals surface area contributed by atoms with E-state index in [-0.39, 0.29) is 12.1 Å². The van der Waals surface area contributed by atoms with Gasteiger partial charge in [0.25, 0.3) is 5.56 Å². The van der Waals surface area contributed by atoms with Crippen LogP contribution in [0.5, 0.6) is 0 Å². The van der Waals surface area contributed by atoms with Gasteiger partial charge in [0.15, 0.2) is 0 Å². The maximum absolute atomic E-state index is 13.1. The van der Waals surface area contributed by atoms with Gasteiger partial charge in [-0.15, -0.1) is 0 Å². The first-order chi connectivity index (χ1) is 18.7. The molecule has 2 aromatic heterocycles. The first kappa shape index (κ1) is 25.7. The van der Waals surface area contributed by atoms with Crippen molar-refractivity contribution in [3.63, 3.8) is 0 Å². The normalized spacial score (nSPS) is 13.1. The highest BCUT2D eigenvalue weighted by molar-refractivity contribution is 5.98. The Morgan fingerprint density at radius 1 is 1.23 bits per heavy atom. The van der Waals surface area contributed by atoms with Crippen LogP contribution in [0.3, 0.4) is 0 Å². The number of rotatable bonds is 5. The molecule has 0 spiro atoms. The van der Waals surface area contributed by atoms with Crippen molar-refractivity contribution in [1.29, 1.82) is 5.26 Å². The van der Waals surface area contributed by atoms with Gasteiger partial charge in [0, 0.05) is 35.5 Å². The van der Waals surface area contributed by atoms with Crippen molar-refractivity contribution in [2.75, 3.05) is 6.61 Å². The zero-order valence-electron chi connectivity index (χ0n) is 22.2. The lowest BCUT2D eigenvalue weighted by atomic mass is 9.93. The molecule has 0 aliphatic carbocycles. The quantitative estimate of drug-likeness (QED) is 0.388. The maximum Gasteiger partial charge on any atom is 0.407 e. The van der Waals surface area contributed by atoms with Crippen LogP contribution in [0.25, 0.3) is 38.9 Å². The van der Waals surface area contributed by atoms with Gasteiger partial charge in [-0.3, -0.25) is 9.48 Å². The van der Waals surface area contributed by atoms with E-state index in [0.717, 1.165) is 28.8 Å². The Balaban J connectivity index is 1.70. The minimum absolute atomic E-state index is 0.0299. The summed E-state index contributed by atoms with van der Waals surface area (Å²) in [7, 11) is 1.82. The smallest absolute Gasteiger partial charge is 0.407 e. The Hall–Kier alpha value is -4.91. The van der Waals surface area contributed by atoms with Crippen molar-refractivity contribution in [3.05, 3.63) is 75.8 Å². The van der Waals surface area contributed by atoms with Crippen LogP contribution in [0.1, 0.15) is 44.0 Å². The summed E-state index contributed by atoms with van der Waals surface area (Å²) in [4.78, 5) is 25.5. The summed E-state index contributed by atoms with van der Waals surface area (Å²) in [5.74, 6) is 0.604. The Morgan fingerprint density at radius 2 is 2.03 bits per heavy atom. The number of carbonyl (C=O) groups excluding carboxylic acids is 1. The number of hydrogen-bond acceptors (Lipinski definition) is 7. The van der Waals surface area contributed by atoms with Gasteiger partial charge in [-0.2, -0.15) is 15.5 Å². The maximum atomic E-state index is 13.1. The number of carbonyl (C=O) groups is 1. The standard InChI is InChI=1S/C29H28N6O4/c1-29(2,3)39-28(37)31-16-23-20-12-18(13-21(24-10-7-11-38-24)25(20)27(36)34-33-23)22-15-32-35(4)26(22)19-9-6-5-8-17(19)14-30/h5-6,8-10,12-13,15H,7,11,16H2,1-4H3,(H,31,37)(H,34,36). The second kappa shape index (κ2) is 10.1. The van der Waals surface area contributed by atoms with Crippen LogP contribution >= 0.6 is 0 Å². The Kier molecular flexibility index (Phi) is 6.66. The summed E-state index contributed by atoms with van der Waals surface area (Å²) < 4.78 is 13.0. The molecule has 198 valence electrons. The minimum atomic E-state index is -0.659. The number of aromatic amines is 1. The Morgan fingerprint density at radius 3 is 2.74 bits per heavy atom. The fourth-order valence-corrected chi connectivity index (χ4v) is 4.66. The van der Waals surface area contributed by atoms with Crippen LogP contribution in [0, 0.1) is 11.3 Å². The van der Waals surface area contributed by atoms with E-state index in [1.807, 2.05) is 43.5 Å². The number of fused-ring (bicyclic) bond motifs is 1. The van der Waals surface area contributed by atoms with Crippen molar-refractivity contribution in [1.82, 2.24) is 25.3 Å². The van der Waals surface area contributed by atoms with E-state index in [2.05, 4.69) is 26.7 Å². The number of aryl methyl sites for hydroxylation is 1. The largest absolute Gasteiger partial charge is 0.493 e. The van der Waals surface area contributed by atoms with Gasteiger partial charge in [0.2, 0.25) is 0 Å². The third kappa shape index (κ3) is 5.11. The second-order valence-corrected chi connectivity index (χ2v) is 10.2. The SMILES string of the molecule is Cn1ncc(-c2cc(C3=CCCO3)c3c(=O)[nH]nc(CNC(=O)OC(C)(C)C)c3c2)c1-c1ccccc1C#N. The molecule has 0 fully saturated rings. The van der Waals surface area contributed by atoms with Gasteiger partial charge in [0.1, 0.15) is 11.4 Å². The van der Waals surface area contributed by atoms with Crippen LogP contribution in [-0.4, -0.2) is 38.3 Å². The molecule has 10 heteroatoms. The van der Waals surface area contributed by atoms with E-state index in [9.17, 15) is 14.9 Å². The molecule has 0 atom stereocenters. The number of H-pyrrole nitrogens is 1. The fourth-order valence-electron chi connectivity index (χ4n) is 4.66. The molecule has 1 aliphatic heterocycles. The predicted molar refractivity (Wildman–Crippen MR) is 146 cm³/mol. The van der Waals surface area contributed by atoms with E-state index in [1.165, 1.54) is 0 Å². The van der Waals surface area contributed by atoms with E-state index in [4.69, 9.17) is 9.47 Å². The van der Waals surface area contributed by atoms with Gasteiger partial charge in [-0.05, 0) is 50.6 Å². The lowest BCUT2D eigenvalue weighted by Crippen LogP contribution is -2.32. The first-order valence-corrected chi connectivity index (χ1v) is 12.5. The molecule has 1 aliphatic rings. The predicted octanol–water partition coefficient (Wildman–Crippen LogP) is 4.65. The number of benzene rings is 2. The summed E-state index contributed by atoms with van der Waals surface area (Å²) in [5.41, 5.74) is 3.59. The van der Waals surface area contributed by atoms with Crippen LogP contribution in [0.2, 0.25) is 0 Å². The lowest BCUT2D eigenvalue weighted by Gasteiger charge is -2.20. The highest BCUT2D eigenvalue weighted by atomic mass is 16.6. The van der Waals surface area contributed by atoms with E-state index >= 15 is 0 Å². The fraction of sp³-hybridized carbons (Fsp3) is 0.276. The average Bonchev–Trinajstić information content (AvgIpc) is 3.57. The summed E-state index contributed by atoms with van der Waals surface area (Å²) in [6.45, 7) is 5.89. The van der Waals surface area contributed by atoms with E-state index in [0.29, 0.717) is 40.0 Å². The lowest BCUT2D eigenvalue weighted by molar-refractivity contribution is 0.0523. The van der Waals surface area contributed by atoms with Gasteiger partial charge < -0.3 is 14.8 Å². The van der Waals surface area contributed by atoms with Crippen molar-refractivity contribution in [3.8, 4) is 28.5 Å². The van der Waals surface area contributed by atoms with Gasteiger partial charge in [0.05, 0.1) is 47.8 Å². The minimum Gasteiger partial charge on any atom is -0.493 e. The number of hydrogen-bond donors (Lipinski definition) is 2. The topological polar surface area (TPSA) is 135 Å². The Labute approximate surface area is 224 Å². The van der Waals surface area contributed by atoms with Gasteiger partial charge in [-0.25, -0.2) is 9.89 Å². The molecule has 4 aromatic rings. The third-order valence-electron chi connectivity index (χ3n) is 6.29. The summed E-state index contributed by atoms with van der Waals surface area (Å²) in [6.07, 6.45) is 3.82.